The number of likely N-dealkylation sites (tertiary alicyclic amines) is 1. The average molecular weight is 378 g/mol. The SMILES string of the molecule is O=C(CN1C(=O)C2CC=CCC2C1=O)Nc1ccc(Oc2cnccn2)cc1. The summed E-state index contributed by atoms with van der Waals surface area (Å²) in [6, 6.07) is 6.69. The minimum atomic E-state index is -0.420. The van der Waals surface area contributed by atoms with E-state index in [1.54, 1.807) is 30.5 Å². The van der Waals surface area contributed by atoms with E-state index in [0.29, 0.717) is 30.2 Å². The van der Waals surface area contributed by atoms with E-state index in [1.807, 2.05) is 12.2 Å². The van der Waals surface area contributed by atoms with Gasteiger partial charge >= 0.3 is 0 Å². The summed E-state index contributed by atoms with van der Waals surface area (Å²) >= 11 is 0. The third-order valence-electron chi connectivity index (χ3n) is 4.80. The van der Waals surface area contributed by atoms with Gasteiger partial charge in [0, 0.05) is 18.1 Å². The number of aromatic nitrogens is 2. The fourth-order valence-corrected chi connectivity index (χ4v) is 3.43. The number of nitrogens with one attached hydrogen (secondary N) is 1. The maximum atomic E-state index is 12.4. The number of ether oxygens (including phenoxy) is 1. The van der Waals surface area contributed by atoms with Gasteiger partial charge < -0.3 is 10.1 Å². The third kappa shape index (κ3) is 3.62. The summed E-state index contributed by atoms with van der Waals surface area (Å²) in [7, 11) is 0. The molecule has 3 amide bonds. The Bertz CT molecular complexity index is 901. The fourth-order valence-electron chi connectivity index (χ4n) is 3.43. The lowest BCUT2D eigenvalue weighted by Crippen LogP contribution is -2.38. The number of benzene rings is 1. The van der Waals surface area contributed by atoms with E-state index in [9.17, 15) is 14.4 Å². The zero-order valence-corrected chi connectivity index (χ0v) is 14.9. The molecule has 2 heterocycles. The van der Waals surface area contributed by atoms with Gasteiger partial charge in [-0.25, -0.2) is 4.98 Å². The number of imide groups is 1. The number of hydrogen-bond acceptors (Lipinski definition) is 6. The first-order valence-electron chi connectivity index (χ1n) is 8.96. The summed E-state index contributed by atoms with van der Waals surface area (Å²) < 4.78 is 5.54. The van der Waals surface area contributed by atoms with Crippen molar-refractivity contribution in [3.63, 3.8) is 0 Å². The van der Waals surface area contributed by atoms with Crippen LogP contribution in [0.3, 0.4) is 0 Å². The molecule has 4 rings (SSSR count). The topological polar surface area (TPSA) is 101 Å². The largest absolute Gasteiger partial charge is 0.438 e. The number of nitrogens with zero attached hydrogens (tertiary/aromatic N) is 3. The van der Waals surface area contributed by atoms with Crippen LogP contribution in [0.1, 0.15) is 12.8 Å². The summed E-state index contributed by atoms with van der Waals surface area (Å²) in [6.07, 6.45) is 9.51. The summed E-state index contributed by atoms with van der Waals surface area (Å²) in [5.41, 5.74) is 0.537. The number of hydrogen-bond donors (Lipinski definition) is 1. The highest BCUT2D eigenvalue weighted by Crippen LogP contribution is 2.34. The maximum Gasteiger partial charge on any atom is 0.244 e. The van der Waals surface area contributed by atoms with E-state index in [4.69, 9.17) is 4.74 Å². The molecule has 0 radical (unpaired) electrons. The molecule has 0 saturated carbocycles. The molecule has 1 aliphatic heterocycles. The van der Waals surface area contributed by atoms with Gasteiger partial charge in [0.25, 0.3) is 0 Å². The minimum Gasteiger partial charge on any atom is -0.438 e. The maximum absolute atomic E-state index is 12.4. The van der Waals surface area contributed by atoms with Crippen molar-refractivity contribution in [1.29, 1.82) is 0 Å². The Kier molecular flexibility index (Phi) is 4.84. The van der Waals surface area contributed by atoms with E-state index in [-0.39, 0.29) is 30.2 Å². The van der Waals surface area contributed by atoms with Gasteiger partial charge in [0.05, 0.1) is 18.0 Å². The molecule has 0 spiro atoms. The van der Waals surface area contributed by atoms with Gasteiger partial charge in [-0.3, -0.25) is 24.3 Å². The average Bonchev–Trinajstić information content (AvgIpc) is 2.95. The van der Waals surface area contributed by atoms with Crippen LogP contribution in [0.4, 0.5) is 5.69 Å². The zero-order valence-electron chi connectivity index (χ0n) is 14.9. The summed E-state index contributed by atoms with van der Waals surface area (Å²) in [5, 5.41) is 2.70. The van der Waals surface area contributed by atoms with Crippen molar-refractivity contribution in [1.82, 2.24) is 14.9 Å². The molecule has 8 heteroatoms. The molecule has 2 atom stereocenters. The van der Waals surface area contributed by atoms with E-state index in [2.05, 4.69) is 15.3 Å². The van der Waals surface area contributed by atoms with Gasteiger partial charge in [-0.2, -0.15) is 0 Å². The predicted octanol–water partition coefficient (Wildman–Crippen LogP) is 2.16. The van der Waals surface area contributed by atoms with E-state index in [0.717, 1.165) is 4.90 Å². The molecule has 142 valence electrons. The zero-order chi connectivity index (χ0) is 19.5. The Hall–Kier alpha value is -3.55. The molecule has 28 heavy (non-hydrogen) atoms. The highest BCUT2D eigenvalue weighted by molar-refractivity contribution is 6.08. The van der Waals surface area contributed by atoms with Gasteiger partial charge in [-0.15, -0.1) is 0 Å². The molecule has 0 bridgehead atoms. The summed E-state index contributed by atoms with van der Waals surface area (Å²) in [5.74, 6) is -0.702. The highest BCUT2D eigenvalue weighted by atomic mass is 16.5. The Balaban J connectivity index is 1.35. The first-order valence-corrected chi connectivity index (χ1v) is 8.96. The number of amides is 3. The molecule has 2 unspecified atom stereocenters. The third-order valence-corrected chi connectivity index (χ3v) is 4.80. The van der Waals surface area contributed by atoms with Gasteiger partial charge in [0.1, 0.15) is 12.3 Å². The van der Waals surface area contributed by atoms with Gasteiger partial charge in [0.15, 0.2) is 0 Å². The highest BCUT2D eigenvalue weighted by Gasteiger charge is 2.47. The number of allylic oxidation sites excluding steroid dienone is 2. The summed E-state index contributed by atoms with van der Waals surface area (Å²) in [4.78, 5) is 46.2. The second-order valence-electron chi connectivity index (χ2n) is 6.64. The van der Waals surface area contributed by atoms with Crippen LogP contribution in [0, 0.1) is 11.8 Å². The number of anilines is 1. The van der Waals surface area contributed by atoms with E-state index < -0.39 is 5.91 Å². The molecular formula is C20H18N4O4. The number of fused-ring (bicyclic) bond motifs is 1. The molecule has 2 aromatic rings. The lowest BCUT2D eigenvalue weighted by molar-refractivity contribution is -0.142. The molecular weight excluding hydrogens is 360 g/mol. The predicted molar refractivity (Wildman–Crippen MR) is 99.3 cm³/mol. The molecule has 1 aliphatic carbocycles. The first kappa shape index (κ1) is 17.8. The Labute approximate surface area is 161 Å². The van der Waals surface area contributed by atoms with Crippen LogP contribution >= 0.6 is 0 Å². The van der Waals surface area contributed by atoms with Crippen LogP contribution in [0.25, 0.3) is 0 Å². The van der Waals surface area contributed by atoms with Crippen molar-refractivity contribution in [3.8, 4) is 11.6 Å². The standard InChI is InChI=1S/C20H18N4O4/c25-17(12-24-19(26)15-3-1-2-4-16(15)20(24)27)23-13-5-7-14(8-6-13)28-18-11-21-9-10-22-18/h1-2,5-11,15-16H,3-4,12H2,(H,23,25). The Morgan fingerprint density at radius 3 is 2.36 bits per heavy atom. The van der Waals surface area contributed by atoms with Crippen molar-refractivity contribution in [2.45, 2.75) is 12.8 Å². The van der Waals surface area contributed by atoms with Crippen LogP contribution in [0.15, 0.2) is 55.0 Å². The number of carbonyl (C=O) groups excluding carboxylic acids is 3. The number of carbonyl (C=O) groups is 3. The van der Waals surface area contributed by atoms with Crippen molar-refractivity contribution in [2.24, 2.45) is 11.8 Å². The van der Waals surface area contributed by atoms with Gasteiger partial charge in [-0.1, -0.05) is 12.2 Å². The summed E-state index contributed by atoms with van der Waals surface area (Å²) in [6.45, 7) is -0.275. The van der Waals surface area contributed by atoms with Crippen molar-refractivity contribution < 1.29 is 19.1 Å². The minimum absolute atomic E-state index is 0.262. The second-order valence-corrected chi connectivity index (χ2v) is 6.64. The van der Waals surface area contributed by atoms with Crippen molar-refractivity contribution in [2.75, 3.05) is 11.9 Å². The molecule has 1 aromatic carbocycles. The molecule has 1 fully saturated rings. The second kappa shape index (κ2) is 7.59. The number of rotatable bonds is 5. The van der Waals surface area contributed by atoms with Crippen LogP contribution in [-0.4, -0.2) is 39.1 Å². The Morgan fingerprint density at radius 1 is 1.07 bits per heavy atom. The lowest BCUT2D eigenvalue weighted by Gasteiger charge is -2.14. The molecule has 1 N–H and O–H groups in total. The van der Waals surface area contributed by atoms with Crippen LogP contribution < -0.4 is 10.1 Å². The lowest BCUT2D eigenvalue weighted by atomic mass is 9.85. The molecule has 1 saturated heterocycles. The first-order chi connectivity index (χ1) is 13.6. The quantitative estimate of drug-likeness (QED) is 0.632. The van der Waals surface area contributed by atoms with Crippen molar-refractivity contribution in [3.05, 3.63) is 55.0 Å². The monoisotopic (exact) mass is 378 g/mol. The fraction of sp³-hybridized carbons (Fsp3) is 0.250. The van der Waals surface area contributed by atoms with Crippen LogP contribution in [-0.2, 0) is 14.4 Å². The van der Waals surface area contributed by atoms with Crippen molar-refractivity contribution >= 4 is 23.4 Å². The van der Waals surface area contributed by atoms with E-state index in [1.165, 1.54) is 12.4 Å². The van der Waals surface area contributed by atoms with Gasteiger partial charge in [-0.05, 0) is 37.1 Å². The van der Waals surface area contributed by atoms with Crippen LogP contribution in [0.2, 0.25) is 0 Å². The van der Waals surface area contributed by atoms with Gasteiger partial charge in [0.2, 0.25) is 23.6 Å². The normalized spacial score (nSPS) is 20.8. The Morgan fingerprint density at radius 2 is 1.75 bits per heavy atom. The molecule has 1 aromatic heterocycles. The smallest absolute Gasteiger partial charge is 0.244 e. The molecule has 2 aliphatic rings. The molecule has 8 nitrogen and oxygen atoms in total. The van der Waals surface area contributed by atoms with E-state index >= 15 is 0 Å². The van der Waals surface area contributed by atoms with Crippen LogP contribution in [0.5, 0.6) is 11.6 Å².